The zero-order valence-corrected chi connectivity index (χ0v) is 12.5. The smallest absolute Gasteiger partial charge is 0.0483 e. The van der Waals surface area contributed by atoms with E-state index >= 15 is 0 Å². The van der Waals surface area contributed by atoms with Crippen LogP contribution in [0.3, 0.4) is 0 Å². The number of nitrogens with zero attached hydrogens (tertiary/aromatic N) is 1. The number of hydrogen-bond donors (Lipinski definition) is 1. The van der Waals surface area contributed by atoms with E-state index in [0.29, 0.717) is 0 Å². The van der Waals surface area contributed by atoms with Gasteiger partial charge < -0.3 is 9.88 Å². The second-order valence-corrected chi connectivity index (χ2v) is 5.48. The van der Waals surface area contributed by atoms with Crippen molar-refractivity contribution in [2.24, 2.45) is 0 Å². The van der Waals surface area contributed by atoms with Gasteiger partial charge in [0.2, 0.25) is 0 Å². The Hall–Kier alpha value is -2.06. The molecule has 3 rings (SSSR count). The van der Waals surface area contributed by atoms with Gasteiger partial charge in [-0.2, -0.15) is 0 Å². The van der Waals surface area contributed by atoms with Crippen LogP contribution >= 0.6 is 0 Å². The summed E-state index contributed by atoms with van der Waals surface area (Å²) in [5.41, 5.74) is 4.15. The summed E-state index contributed by atoms with van der Waals surface area (Å²) in [4.78, 5) is 0. The van der Waals surface area contributed by atoms with Crippen molar-refractivity contribution >= 4 is 10.9 Å². The second kappa shape index (κ2) is 6.59. The maximum Gasteiger partial charge on any atom is 0.0483 e. The third kappa shape index (κ3) is 3.17. The molecule has 0 aliphatic carbocycles. The molecule has 0 aliphatic rings. The Morgan fingerprint density at radius 1 is 0.952 bits per heavy atom. The number of fused-ring (bicyclic) bond motifs is 1. The van der Waals surface area contributed by atoms with Gasteiger partial charge in [0.25, 0.3) is 0 Å². The van der Waals surface area contributed by atoms with Crippen molar-refractivity contribution in [1.82, 2.24) is 9.88 Å². The number of aromatic nitrogens is 1. The Kier molecular flexibility index (Phi) is 4.37. The standard InChI is InChI=1S/C19H22N2/c1-20-14-17-15-21(19-12-6-5-11-18(17)19)13-7-10-16-8-3-2-4-9-16/h2-6,8-9,11-12,15,20H,7,10,13-14H2,1H3. The van der Waals surface area contributed by atoms with Crippen molar-refractivity contribution in [2.75, 3.05) is 7.05 Å². The molecular weight excluding hydrogens is 256 g/mol. The van der Waals surface area contributed by atoms with Crippen LogP contribution in [0.4, 0.5) is 0 Å². The normalized spacial score (nSPS) is 11.1. The van der Waals surface area contributed by atoms with Gasteiger partial charge in [0.15, 0.2) is 0 Å². The molecule has 0 unspecified atom stereocenters. The lowest BCUT2D eigenvalue weighted by molar-refractivity contribution is 0.658. The minimum Gasteiger partial charge on any atom is -0.347 e. The molecule has 1 aromatic heterocycles. The molecular formula is C19H22N2. The molecule has 0 saturated heterocycles. The summed E-state index contributed by atoms with van der Waals surface area (Å²) in [5, 5.41) is 4.63. The SMILES string of the molecule is CNCc1cn(CCCc2ccccc2)c2ccccc12. The summed E-state index contributed by atoms with van der Waals surface area (Å²) in [6, 6.07) is 19.4. The minimum absolute atomic E-state index is 0.923. The van der Waals surface area contributed by atoms with E-state index in [1.807, 2.05) is 7.05 Å². The van der Waals surface area contributed by atoms with Crippen LogP contribution in [0.15, 0.2) is 60.8 Å². The molecule has 0 atom stereocenters. The predicted molar refractivity (Wildman–Crippen MR) is 89.5 cm³/mol. The molecule has 0 aliphatic heterocycles. The number of benzene rings is 2. The number of nitrogens with one attached hydrogen (secondary N) is 1. The monoisotopic (exact) mass is 278 g/mol. The van der Waals surface area contributed by atoms with Gasteiger partial charge in [-0.1, -0.05) is 48.5 Å². The van der Waals surface area contributed by atoms with Crippen LogP contribution in [0.25, 0.3) is 10.9 Å². The predicted octanol–water partition coefficient (Wildman–Crippen LogP) is 3.99. The highest BCUT2D eigenvalue weighted by Crippen LogP contribution is 2.21. The van der Waals surface area contributed by atoms with Gasteiger partial charge in [-0.15, -0.1) is 0 Å². The minimum atomic E-state index is 0.923. The maximum atomic E-state index is 3.26. The molecule has 2 heteroatoms. The fourth-order valence-electron chi connectivity index (χ4n) is 2.94. The van der Waals surface area contributed by atoms with Crippen molar-refractivity contribution in [1.29, 1.82) is 0 Å². The van der Waals surface area contributed by atoms with Gasteiger partial charge in [-0.05, 0) is 37.1 Å². The Morgan fingerprint density at radius 2 is 1.71 bits per heavy atom. The highest BCUT2D eigenvalue weighted by Gasteiger charge is 2.06. The van der Waals surface area contributed by atoms with Crippen LogP contribution in [0.2, 0.25) is 0 Å². The first-order chi connectivity index (χ1) is 10.4. The zero-order chi connectivity index (χ0) is 14.5. The third-order valence-corrected chi connectivity index (χ3v) is 3.95. The molecule has 0 saturated carbocycles. The molecule has 1 heterocycles. The van der Waals surface area contributed by atoms with Gasteiger partial charge in [-0.25, -0.2) is 0 Å². The Labute approximate surface area is 126 Å². The summed E-state index contributed by atoms with van der Waals surface area (Å²) in [6.45, 7) is 1.99. The van der Waals surface area contributed by atoms with Gasteiger partial charge in [-0.3, -0.25) is 0 Å². The van der Waals surface area contributed by atoms with E-state index in [9.17, 15) is 0 Å². The lowest BCUT2D eigenvalue weighted by Gasteiger charge is -2.05. The van der Waals surface area contributed by atoms with E-state index in [4.69, 9.17) is 0 Å². The Bertz CT molecular complexity index is 698. The van der Waals surface area contributed by atoms with Gasteiger partial charge in [0, 0.05) is 30.2 Å². The van der Waals surface area contributed by atoms with Crippen molar-refractivity contribution in [3.63, 3.8) is 0 Å². The van der Waals surface area contributed by atoms with Gasteiger partial charge in [0.1, 0.15) is 0 Å². The first-order valence-corrected chi connectivity index (χ1v) is 7.64. The summed E-state index contributed by atoms with van der Waals surface area (Å²) < 4.78 is 2.39. The summed E-state index contributed by atoms with van der Waals surface area (Å²) >= 11 is 0. The lowest BCUT2D eigenvalue weighted by atomic mass is 10.1. The van der Waals surface area contributed by atoms with E-state index in [-0.39, 0.29) is 0 Å². The molecule has 3 aromatic rings. The Morgan fingerprint density at radius 3 is 2.52 bits per heavy atom. The molecule has 0 radical (unpaired) electrons. The number of hydrogen-bond acceptors (Lipinski definition) is 1. The van der Waals surface area contributed by atoms with Crippen molar-refractivity contribution in [3.05, 3.63) is 71.9 Å². The summed E-state index contributed by atoms with van der Waals surface area (Å²) in [6.07, 6.45) is 4.60. The highest BCUT2D eigenvalue weighted by molar-refractivity contribution is 5.83. The van der Waals surface area contributed by atoms with Crippen LogP contribution < -0.4 is 5.32 Å². The summed E-state index contributed by atoms with van der Waals surface area (Å²) in [7, 11) is 2.00. The number of para-hydroxylation sites is 1. The Balaban J connectivity index is 1.74. The van der Waals surface area contributed by atoms with Crippen LogP contribution in [-0.2, 0) is 19.5 Å². The number of rotatable bonds is 6. The average Bonchev–Trinajstić information content (AvgIpc) is 2.87. The number of aryl methyl sites for hydroxylation is 2. The molecule has 1 N–H and O–H groups in total. The highest BCUT2D eigenvalue weighted by atomic mass is 15.0. The molecule has 0 spiro atoms. The van der Waals surface area contributed by atoms with Crippen LogP contribution in [0.1, 0.15) is 17.5 Å². The lowest BCUT2D eigenvalue weighted by Crippen LogP contribution is -2.04. The van der Waals surface area contributed by atoms with Gasteiger partial charge >= 0.3 is 0 Å². The van der Waals surface area contributed by atoms with E-state index < -0.39 is 0 Å². The zero-order valence-electron chi connectivity index (χ0n) is 12.5. The third-order valence-electron chi connectivity index (χ3n) is 3.95. The molecule has 2 aromatic carbocycles. The topological polar surface area (TPSA) is 17.0 Å². The molecule has 0 bridgehead atoms. The van der Waals surface area contributed by atoms with Crippen molar-refractivity contribution in [3.8, 4) is 0 Å². The van der Waals surface area contributed by atoms with Crippen LogP contribution in [0, 0.1) is 0 Å². The van der Waals surface area contributed by atoms with E-state index in [1.54, 1.807) is 0 Å². The first kappa shape index (κ1) is 13.9. The quantitative estimate of drug-likeness (QED) is 0.721. The molecule has 108 valence electrons. The van der Waals surface area contributed by atoms with E-state index in [1.165, 1.54) is 28.5 Å². The largest absolute Gasteiger partial charge is 0.347 e. The molecule has 21 heavy (non-hydrogen) atoms. The van der Waals surface area contributed by atoms with Gasteiger partial charge in [0.05, 0.1) is 0 Å². The average molecular weight is 278 g/mol. The second-order valence-electron chi connectivity index (χ2n) is 5.48. The maximum absolute atomic E-state index is 3.26. The fourth-order valence-corrected chi connectivity index (χ4v) is 2.94. The summed E-state index contributed by atoms with van der Waals surface area (Å²) in [5.74, 6) is 0. The van der Waals surface area contributed by atoms with E-state index in [2.05, 4.69) is 70.7 Å². The fraction of sp³-hybridized carbons (Fsp3) is 0.263. The van der Waals surface area contributed by atoms with Crippen LogP contribution in [0.5, 0.6) is 0 Å². The van der Waals surface area contributed by atoms with Crippen molar-refractivity contribution in [2.45, 2.75) is 25.9 Å². The van der Waals surface area contributed by atoms with Crippen molar-refractivity contribution < 1.29 is 0 Å². The molecule has 0 amide bonds. The first-order valence-electron chi connectivity index (χ1n) is 7.64. The molecule has 0 fully saturated rings. The van der Waals surface area contributed by atoms with E-state index in [0.717, 1.165) is 19.5 Å². The molecule has 2 nitrogen and oxygen atoms in total. The van der Waals surface area contributed by atoms with Crippen LogP contribution in [-0.4, -0.2) is 11.6 Å².